The Hall–Kier alpha value is -2.09. The Morgan fingerprint density at radius 1 is 1.09 bits per heavy atom. The van der Waals surface area contributed by atoms with Gasteiger partial charge < -0.3 is 9.47 Å². The lowest BCUT2D eigenvalue weighted by Crippen LogP contribution is -2.46. The van der Waals surface area contributed by atoms with Gasteiger partial charge in [0, 0.05) is 19.5 Å². The second-order valence-corrected chi connectivity index (χ2v) is 7.32. The van der Waals surface area contributed by atoms with Crippen LogP contribution in [0.2, 0.25) is 0 Å². The summed E-state index contributed by atoms with van der Waals surface area (Å²) in [6.07, 6.45) is 1.18. The summed E-state index contributed by atoms with van der Waals surface area (Å²) in [7, 11) is -3.35. The molecule has 0 bridgehead atoms. The summed E-state index contributed by atoms with van der Waals surface area (Å²) in [5.41, 5.74) is 1.10. The van der Waals surface area contributed by atoms with Gasteiger partial charge in [0.2, 0.25) is 10.0 Å². The first-order valence-electron chi connectivity index (χ1n) is 6.58. The topological polar surface area (TPSA) is 98.8 Å². The molecule has 7 nitrogen and oxygen atoms in total. The first-order valence-corrected chi connectivity index (χ1v) is 8.47. The SMILES string of the molecule is CC1(C)OC(=O)C(Cc2ccc(NS(C)(=O)=O)cc2)C(=O)O1. The standard InChI is InChI=1S/C14H17NO6S/c1-14(2)20-12(16)11(13(17)21-14)8-9-4-6-10(7-5-9)15-22(3,18)19/h4-7,11,15H,8H2,1-3H3. The highest BCUT2D eigenvalue weighted by molar-refractivity contribution is 7.92. The number of cyclic esters (lactones) is 2. The van der Waals surface area contributed by atoms with Crippen molar-refractivity contribution in [3.63, 3.8) is 0 Å². The van der Waals surface area contributed by atoms with Crippen LogP contribution < -0.4 is 4.72 Å². The third-order valence-electron chi connectivity index (χ3n) is 2.96. The molecule has 1 aromatic rings. The van der Waals surface area contributed by atoms with Crippen molar-refractivity contribution in [1.82, 2.24) is 0 Å². The Kier molecular flexibility index (Phi) is 4.15. The van der Waals surface area contributed by atoms with E-state index in [0.717, 1.165) is 6.26 Å². The Morgan fingerprint density at radius 3 is 2.05 bits per heavy atom. The highest BCUT2D eigenvalue weighted by Crippen LogP contribution is 2.25. The van der Waals surface area contributed by atoms with Crippen molar-refractivity contribution < 1.29 is 27.5 Å². The number of sulfonamides is 1. The molecule has 0 aromatic heterocycles. The van der Waals surface area contributed by atoms with E-state index in [-0.39, 0.29) is 6.42 Å². The van der Waals surface area contributed by atoms with Gasteiger partial charge in [-0.3, -0.25) is 14.3 Å². The molecule has 0 unspecified atom stereocenters. The zero-order valence-corrected chi connectivity index (χ0v) is 13.3. The molecule has 120 valence electrons. The van der Waals surface area contributed by atoms with Crippen molar-refractivity contribution in [3.8, 4) is 0 Å². The molecular formula is C14H17NO6S. The lowest BCUT2D eigenvalue weighted by Gasteiger charge is -2.32. The van der Waals surface area contributed by atoms with Gasteiger partial charge in [0.15, 0.2) is 5.92 Å². The summed E-state index contributed by atoms with van der Waals surface area (Å²) < 4.78 is 34.7. The molecule has 1 aliphatic rings. The molecular weight excluding hydrogens is 310 g/mol. The minimum absolute atomic E-state index is 0.132. The van der Waals surface area contributed by atoms with Crippen LogP contribution in [0.25, 0.3) is 0 Å². The van der Waals surface area contributed by atoms with Gasteiger partial charge in [-0.05, 0) is 24.1 Å². The molecule has 0 radical (unpaired) electrons. The fourth-order valence-corrected chi connectivity index (χ4v) is 2.63. The normalized spacial score (nSPS) is 18.5. The lowest BCUT2D eigenvalue weighted by molar-refractivity contribution is -0.239. The van der Waals surface area contributed by atoms with Gasteiger partial charge in [-0.15, -0.1) is 0 Å². The van der Waals surface area contributed by atoms with Crippen LogP contribution in [0.1, 0.15) is 19.4 Å². The summed E-state index contributed by atoms with van der Waals surface area (Å²) in [6, 6.07) is 6.38. The van der Waals surface area contributed by atoms with Gasteiger partial charge in [-0.25, -0.2) is 8.42 Å². The van der Waals surface area contributed by atoms with E-state index < -0.39 is 33.7 Å². The molecule has 0 saturated carbocycles. The predicted molar refractivity (Wildman–Crippen MR) is 78.4 cm³/mol. The molecule has 1 aromatic carbocycles. The molecule has 0 amide bonds. The van der Waals surface area contributed by atoms with Crippen LogP contribution in [-0.2, 0) is 35.5 Å². The van der Waals surface area contributed by atoms with Crippen LogP contribution in [0.15, 0.2) is 24.3 Å². The zero-order valence-electron chi connectivity index (χ0n) is 12.5. The largest absolute Gasteiger partial charge is 0.422 e. The molecule has 0 atom stereocenters. The summed E-state index contributed by atoms with van der Waals surface area (Å²) in [5.74, 6) is -3.51. The van der Waals surface area contributed by atoms with Gasteiger partial charge in [-0.1, -0.05) is 12.1 Å². The van der Waals surface area contributed by atoms with Gasteiger partial charge in [-0.2, -0.15) is 0 Å². The smallest absolute Gasteiger partial charge is 0.323 e. The first-order chi connectivity index (χ1) is 10.1. The fraction of sp³-hybridized carbons (Fsp3) is 0.429. The summed E-state index contributed by atoms with van der Waals surface area (Å²) >= 11 is 0. The maximum atomic E-state index is 11.9. The van der Waals surface area contributed by atoms with Gasteiger partial charge in [0.05, 0.1) is 6.26 Å². The van der Waals surface area contributed by atoms with Crippen LogP contribution in [0.3, 0.4) is 0 Å². The number of rotatable bonds is 4. The minimum Gasteiger partial charge on any atom is -0.422 e. The van der Waals surface area contributed by atoms with Crippen LogP contribution in [0.5, 0.6) is 0 Å². The third kappa shape index (κ3) is 4.20. The molecule has 1 N–H and O–H groups in total. The average molecular weight is 327 g/mol. The summed E-state index contributed by atoms with van der Waals surface area (Å²) in [6.45, 7) is 2.98. The number of benzene rings is 1. The fourth-order valence-electron chi connectivity index (χ4n) is 2.07. The number of anilines is 1. The maximum absolute atomic E-state index is 11.9. The van der Waals surface area contributed by atoms with Crippen molar-refractivity contribution in [1.29, 1.82) is 0 Å². The molecule has 22 heavy (non-hydrogen) atoms. The highest BCUT2D eigenvalue weighted by Gasteiger charge is 2.42. The van der Waals surface area contributed by atoms with Crippen LogP contribution in [-0.4, -0.2) is 32.4 Å². The van der Waals surface area contributed by atoms with E-state index in [4.69, 9.17) is 9.47 Å². The van der Waals surface area contributed by atoms with Gasteiger partial charge in [0.1, 0.15) is 0 Å². The number of esters is 2. The first kappa shape index (κ1) is 16.3. The summed E-state index contributed by atoms with van der Waals surface area (Å²) in [5, 5.41) is 0. The number of ether oxygens (including phenoxy) is 2. The number of hydrogen-bond acceptors (Lipinski definition) is 6. The second-order valence-electron chi connectivity index (χ2n) is 5.57. The van der Waals surface area contributed by atoms with Crippen molar-refractivity contribution >= 4 is 27.6 Å². The Bertz CT molecular complexity index is 673. The van der Waals surface area contributed by atoms with Crippen molar-refractivity contribution in [2.75, 3.05) is 11.0 Å². The van der Waals surface area contributed by atoms with E-state index in [2.05, 4.69) is 4.72 Å². The molecule has 0 spiro atoms. The Morgan fingerprint density at radius 2 is 1.59 bits per heavy atom. The second kappa shape index (κ2) is 5.60. The average Bonchev–Trinajstić information content (AvgIpc) is 2.33. The third-order valence-corrected chi connectivity index (χ3v) is 3.57. The van der Waals surface area contributed by atoms with Crippen LogP contribution in [0, 0.1) is 5.92 Å². The van der Waals surface area contributed by atoms with Crippen LogP contribution >= 0.6 is 0 Å². The van der Waals surface area contributed by atoms with Crippen molar-refractivity contribution in [3.05, 3.63) is 29.8 Å². The van der Waals surface area contributed by atoms with E-state index in [1.165, 1.54) is 13.8 Å². The zero-order chi connectivity index (χ0) is 16.5. The number of carbonyl (C=O) groups excluding carboxylic acids is 2. The minimum atomic E-state index is -3.35. The van der Waals surface area contributed by atoms with Gasteiger partial charge >= 0.3 is 11.9 Å². The predicted octanol–water partition coefficient (Wildman–Crippen LogP) is 1.05. The molecule has 8 heteroatoms. The number of nitrogens with one attached hydrogen (secondary N) is 1. The molecule has 2 rings (SSSR count). The Labute approximate surface area is 128 Å². The Balaban J connectivity index is 2.08. The molecule has 1 heterocycles. The van der Waals surface area contributed by atoms with Gasteiger partial charge in [0.25, 0.3) is 5.79 Å². The van der Waals surface area contributed by atoms with E-state index >= 15 is 0 Å². The number of hydrogen-bond donors (Lipinski definition) is 1. The van der Waals surface area contributed by atoms with E-state index in [1.54, 1.807) is 24.3 Å². The molecule has 1 saturated heterocycles. The van der Waals surface area contributed by atoms with Crippen molar-refractivity contribution in [2.24, 2.45) is 5.92 Å². The van der Waals surface area contributed by atoms with E-state index in [1.807, 2.05) is 0 Å². The van der Waals surface area contributed by atoms with Crippen molar-refractivity contribution in [2.45, 2.75) is 26.1 Å². The highest BCUT2D eigenvalue weighted by atomic mass is 32.2. The van der Waals surface area contributed by atoms with E-state index in [9.17, 15) is 18.0 Å². The molecule has 1 fully saturated rings. The summed E-state index contributed by atoms with van der Waals surface area (Å²) in [4.78, 5) is 23.7. The monoisotopic (exact) mass is 327 g/mol. The number of carbonyl (C=O) groups is 2. The van der Waals surface area contributed by atoms with Crippen LogP contribution in [0.4, 0.5) is 5.69 Å². The lowest BCUT2D eigenvalue weighted by atomic mass is 9.98. The quantitative estimate of drug-likeness (QED) is 0.655. The maximum Gasteiger partial charge on any atom is 0.323 e. The van der Waals surface area contributed by atoms with E-state index in [0.29, 0.717) is 11.3 Å². The molecule has 0 aliphatic carbocycles. The molecule has 1 aliphatic heterocycles.